The SMILES string of the molecule is Cn1nc(C(=O)N2CCc3ccccc3C2)c2c1CC[C@H](N1CCN(c3ccccc3O)CC1)C2. The molecule has 1 aliphatic carbocycles. The number of para-hydroxylation sites is 2. The predicted octanol–water partition coefficient (Wildman–Crippen LogP) is 3.00. The van der Waals surface area contributed by atoms with Crippen LogP contribution in [0.1, 0.15) is 39.3 Å². The Kier molecular flexibility index (Phi) is 5.72. The van der Waals surface area contributed by atoms with E-state index in [-0.39, 0.29) is 5.91 Å². The molecule has 0 radical (unpaired) electrons. The van der Waals surface area contributed by atoms with Crippen LogP contribution >= 0.6 is 0 Å². The fourth-order valence-corrected chi connectivity index (χ4v) is 6.13. The molecule has 0 spiro atoms. The number of benzene rings is 2. The normalized spacial score (nSPS) is 20.4. The van der Waals surface area contributed by atoms with Gasteiger partial charge in [0.1, 0.15) is 5.75 Å². The van der Waals surface area contributed by atoms with Crippen molar-refractivity contribution in [3.63, 3.8) is 0 Å². The van der Waals surface area contributed by atoms with Crippen molar-refractivity contribution in [2.24, 2.45) is 7.05 Å². The second-order valence-corrected chi connectivity index (χ2v) is 10.1. The van der Waals surface area contributed by atoms with Crippen molar-refractivity contribution in [2.45, 2.75) is 38.3 Å². The van der Waals surface area contributed by atoms with Crippen molar-refractivity contribution in [1.82, 2.24) is 19.6 Å². The molecule has 7 heteroatoms. The zero-order valence-corrected chi connectivity index (χ0v) is 20.4. The Balaban J connectivity index is 1.16. The van der Waals surface area contributed by atoms with E-state index < -0.39 is 0 Å². The maximum atomic E-state index is 13.6. The highest BCUT2D eigenvalue weighted by Crippen LogP contribution is 2.31. The number of carbonyl (C=O) groups is 1. The number of phenolic OH excluding ortho intramolecular Hbond substituents is 1. The van der Waals surface area contributed by atoms with Crippen LogP contribution in [-0.2, 0) is 32.9 Å². The molecule has 0 saturated carbocycles. The van der Waals surface area contributed by atoms with Gasteiger partial charge in [-0.2, -0.15) is 5.10 Å². The number of rotatable bonds is 3. The van der Waals surface area contributed by atoms with E-state index in [2.05, 4.69) is 34.1 Å². The Bertz CT molecular complexity index is 1240. The van der Waals surface area contributed by atoms with Crippen LogP contribution in [0.4, 0.5) is 5.69 Å². The molecule has 1 fully saturated rings. The Morgan fingerprint density at radius 2 is 1.69 bits per heavy atom. The lowest BCUT2D eigenvalue weighted by atomic mass is 9.89. The molecule has 0 unspecified atom stereocenters. The van der Waals surface area contributed by atoms with Crippen molar-refractivity contribution >= 4 is 11.6 Å². The highest BCUT2D eigenvalue weighted by atomic mass is 16.3. The average Bonchev–Trinajstić information content (AvgIpc) is 3.24. The van der Waals surface area contributed by atoms with E-state index in [0.29, 0.717) is 24.0 Å². The van der Waals surface area contributed by atoms with Gasteiger partial charge in [-0.3, -0.25) is 14.4 Å². The third-order valence-corrected chi connectivity index (χ3v) is 8.10. The molecule has 7 nitrogen and oxygen atoms in total. The van der Waals surface area contributed by atoms with E-state index >= 15 is 0 Å². The number of anilines is 1. The molecule has 2 aromatic carbocycles. The summed E-state index contributed by atoms with van der Waals surface area (Å²) in [5.74, 6) is 0.420. The molecule has 6 rings (SSSR count). The second kappa shape index (κ2) is 9.04. The van der Waals surface area contributed by atoms with E-state index in [1.165, 1.54) is 16.8 Å². The number of aromatic hydroxyl groups is 1. The van der Waals surface area contributed by atoms with E-state index in [1.807, 2.05) is 34.8 Å². The van der Waals surface area contributed by atoms with Crippen molar-refractivity contribution in [3.8, 4) is 5.75 Å². The minimum absolute atomic E-state index is 0.0707. The van der Waals surface area contributed by atoms with E-state index in [0.717, 1.165) is 69.7 Å². The smallest absolute Gasteiger partial charge is 0.274 e. The number of fused-ring (bicyclic) bond motifs is 2. The molecular formula is C28H33N5O2. The molecule has 3 aromatic rings. The monoisotopic (exact) mass is 471 g/mol. The maximum Gasteiger partial charge on any atom is 0.274 e. The third kappa shape index (κ3) is 4.08. The highest BCUT2D eigenvalue weighted by Gasteiger charge is 2.34. The van der Waals surface area contributed by atoms with Crippen LogP contribution in [-0.4, -0.2) is 69.4 Å². The van der Waals surface area contributed by atoms with Gasteiger partial charge in [0.15, 0.2) is 5.69 Å². The molecule has 1 aromatic heterocycles. The lowest BCUT2D eigenvalue weighted by molar-refractivity contribution is 0.0726. The largest absolute Gasteiger partial charge is 0.506 e. The van der Waals surface area contributed by atoms with Crippen molar-refractivity contribution in [1.29, 1.82) is 0 Å². The van der Waals surface area contributed by atoms with Crippen LogP contribution in [0, 0.1) is 0 Å². The molecule has 1 N–H and O–H groups in total. The first-order chi connectivity index (χ1) is 17.1. The predicted molar refractivity (Wildman–Crippen MR) is 136 cm³/mol. The van der Waals surface area contributed by atoms with Crippen LogP contribution < -0.4 is 4.90 Å². The molecule has 1 saturated heterocycles. The zero-order valence-electron chi connectivity index (χ0n) is 20.4. The summed E-state index contributed by atoms with van der Waals surface area (Å²) in [5.41, 5.74) is 6.53. The Labute approximate surface area is 206 Å². The summed E-state index contributed by atoms with van der Waals surface area (Å²) in [4.78, 5) is 20.4. The number of piperazine rings is 1. The summed E-state index contributed by atoms with van der Waals surface area (Å²) in [6, 6.07) is 16.4. The van der Waals surface area contributed by atoms with Gasteiger partial charge in [0, 0.05) is 63.6 Å². The fourth-order valence-electron chi connectivity index (χ4n) is 6.13. The number of carbonyl (C=O) groups excluding carboxylic acids is 1. The molecule has 1 atom stereocenters. The molecule has 182 valence electrons. The molecule has 3 aliphatic rings. The Hall–Kier alpha value is -3.32. The van der Waals surface area contributed by atoms with Crippen LogP contribution in [0.15, 0.2) is 48.5 Å². The molecule has 1 amide bonds. The number of hydrogen-bond donors (Lipinski definition) is 1. The van der Waals surface area contributed by atoms with Crippen LogP contribution in [0.25, 0.3) is 0 Å². The van der Waals surface area contributed by atoms with Crippen molar-refractivity contribution < 1.29 is 9.90 Å². The fraction of sp³-hybridized carbons (Fsp3) is 0.429. The van der Waals surface area contributed by atoms with Crippen molar-refractivity contribution in [3.05, 3.63) is 76.6 Å². The second-order valence-electron chi connectivity index (χ2n) is 10.1. The summed E-state index contributed by atoms with van der Waals surface area (Å²) >= 11 is 0. The average molecular weight is 472 g/mol. The molecule has 2 aliphatic heterocycles. The first-order valence-corrected chi connectivity index (χ1v) is 12.8. The van der Waals surface area contributed by atoms with Gasteiger partial charge in [0.25, 0.3) is 5.91 Å². The maximum absolute atomic E-state index is 13.6. The minimum atomic E-state index is 0.0707. The van der Waals surface area contributed by atoms with Gasteiger partial charge in [-0.1, -0.05) is 36.4 Å². The van der Waals surface area contributed by atoms with Gasteiger partial charge in [0.05, 0.1) is 5.69 Å². The lowest BCUT2D eigenvalue weighted by Gasteiger charge is -2.41. The number of aryl methyl sites for hydroxylation is 1. The molecular weight excluding hydrogens is 438 g/mol. The number of amides is 1. The van der Waals surface area contributed by atoms with Gasteiger partial charge in [-0.05, 0) is 48.9 Å². The lowest BCUT2D eigenvalue weighted by Crippen LogP contribution is -2.52. The number of hydrogen-bond acceptors (Lipinski definition) is 5. The Morgan fingerprint density at radius 3 is 2.49 bits per heavy atom. The standard InChI is InChI=1S/C28H33N5O2/c1-30-24-11-10-22(31-14-16-32(17-15-31)25-8-4-5-9-26(25)34)18-23(24)27(29-30)28(35)33-13-12-20-6-2-3-7-21(20)19-33/h2-9,22,34H,10-19H2,1H3/t22-/m0/s1. The third-order valence-electron chi connectivity index (χ3n) is 8.10. The first kappa shape index (κ1) is 22.2. The van der Waals surface area contributed by atoms with Gasteiger partial charge in [-0.25, -0.2) is 0 Å². The van der Waals surface area contributed by atoms with E-state index in [4.69, 9.17) is 5.10 Å². The van der Waals surface area contributed by atoms with Crippen LogP contribution in [0.2, 0.25) is 0 Å². The van der Waals surface area contributed by atoms with Crippen LogP contribution in [0.5, 0.6) is 5.75 Å². The van der Waals surface area contributed by atoms with Gasteiger partial charge < -0.3 is 14.9 Å². The zero-order chi connectivity index (χ0) is 23.9. The van der Waals surface area contributed by atoms with Gasteiger partial charge in [-0.15, -0.1) is 0 Å². The Morgan fingerprint density at radius 1 is 0.943 bits per heavy atom. The van der Waals surface area contributed by atoms with E-state index in [1.54, 1.807) is 6.07 Å². The van der Waals surface area contributed by atoms with Gasteiger partial charge >= 0.3 is 0 Å². The van der Waals surface area contributed by atoms with Crippen molar-refractivity contribution in [2.75, 3.05) is 37.6 Å². The molecule has 0 bridgehead atoms. The van der Waals surface area contributed by atoms with Crippen LogP contribution in [0.3, 0.4) is 0 Å². The summed E-state index contributed by atoms with van der Waals surface area (Å²) in [6.45, 7) is 5.12. The number of phenols is 1. The summed E-state index contributed by atoms with van der Waals surface area (Å²) in [6.07, 6.45) is 3.83. The number of aromatic nitrogens is 2. The topological polar surface area (TPSA) is 64.8 Å². The van der Waals surface area contributed by atoms with Gasteiger partial charge in [0.2, 0.25) is 0 Å². The quantitative estimate of drug-likeness (QED) is 0.636. The highest BCUT2D eigenvalue weighted by molar-refractivity contribution is 5.94. The molecule has 35 heavy (non-hydrogen) atoms. The minimum Gasteiger partial charge on any atom is -0.506 e. The summed E-state index contributed by atoms with van der Waals surface area (Å²) in [5, 5.41) is 15.0. The van der Waals surface area contributed by atoms with E-state index in [9.17, 15) is 9.90 Å². The molecule has 3 heterocycles. The summed E-state index contributed by atoms with van der Waals surface area (Å²) < 4.78 is 1.94. The summed E-state index contributed by atoms with van der Waals surface area (Å²) in [7, 11) is 1.98. The number of nitrogens with zero attached hydrogens (tertiary/aromatic N) is 5. The first-order valence-electron chi connectivity index (χ1n) is 12.8.